The maximum Gasteiger partial charge on any atom is 0.304 e. The van der Waals surface area contributed by atoms with Crippen LogP contribution in [0.3, 0.4) is 0 Å². The lowest BCUT2D eigenvalue weighted by atomic mass is 10.1. The van der Waals surface area contributed by atoms with Crippen LogP contribution in [0.1, 0.15) is 35.9 Å². The Bertz CT molecular complexity index is 442. The first kappa shape index (κ1) is 11.9. The Hall–Kier alpha value is -2.15. The predicted molar refractivity (Wildman–Crippen MR) is 56.6 cm³/mol. The molecule has 0 aromatic heterocycles. The number of hydrogen-bond acceptors (Lipinski definition) is 4. The van der Waals surface area contributed by atoms with Crippen LogP contribution in [-0.2, 0) is 9.53 Å². The number of hydrogen-bond donors (Lipinski definition) is 0. The van der Waals surface area contributed by atoms with Crippen LogP contribution in [0.5, 0.6) is 0 Å². The SMILES string of the molecule is CC(=O)OC(C#N)c1ccc(C(C)=O)cc1. The van der Waals surface area contributed by atoms with Crippen LogP contribution in [0.4, 0.5) is 0 Å². The van der Waals surface area contributed by atoms with Gasteiger partial charge in [0.1, 0.15) is 6.07 Å². The van der Waals surface area contributed by atoms with E-state index in [4.69, 9.17) is 10.00 Å². The van der Waals surface area contributed by atoms with Gasteiger partial charge in [-0.25, -0.2) is 0 Å². The highest BCUT2D eigenvalue weighted by Crippen LogP contribution is 2.17. The van der Waals surface area contributed by atoms with Gasteiger partial charge in [-0.2, -0.15) is 5.26 Å². The van der Waals surface area contributed by atoms with Crippen molar-refractivity contribution in [3.05, 3.63) is 35.4 Å². The molecule has 0 N–H and O–H groups in total. The van der Waals surface area contributed by atoms with E-state index in [1.165, 1.54) is 13.8 Å². The third-order valence-corrected chi connectivity index (χ3v) is 2.02. The predicted octanol–water partition coefficient (Wildman–Crippen LogP) is 2.02. The van der Waals surface area contributed by atoms with Crippen molar-refractivity contribution in [1.29, 1.82) is 5.26 Å². The van der Waals surface area contributed by atoms with Crippen LogP contribution in [-0.4, -0.2) is 11.8 Å². The largest absolute Gasteiger partial charge is 0.442 e. The Balaban J connectivity index is 2.91. The molecule has 1 rings (SSSR count). The van der Waals surface area contributed by atoms with Crippen molar-refractivity contribution in [3.8, 4) is 6.07 Å². The van der Waals surface area contributed by atoms with Gasteiger partial charge >= 0.3 is 5.97 Å². The number of ketones is 1. The van der Waals surface area contributed by atoms with Gasteiger partial charge in [-0.3, -0.25) is 9.59 Å². The first-order valence-corrected chi connectivity index (χ1v) is 4.72. The molecule has 82 valence electrons. The molecule has 1 unspecified atom stereocenters. The number of carbonyl (C=O) groups excluding carboxylic acids is 2. The lowest BCUT2D eigenvalue weighted by molar-refractivity contribution is -0.144. The monoisotopic (exact) mass is 217 g/mol. The minimum Gasteiger partial charge on any atom is -0.442 e. The van der Waals surface area contributed by atoms with Crippen LogP contribution in [0.2, 0.25) is 0 Å². The summed E-state index contributed by atoms with van der Waals surface area (Å²) in [7, 11) is 0. The van der Waals surface area contributed by atoms with E-state index in [-0.39, 0.29) is 5.78 Å². The highest BCUT2D eigenvalue weighted by Gasteiger charge is 2.13. The Morgan fingerprint density at radius 1 is 1.25 bits per heavy atom. The number of nitrogens with zero attached hydrogens (tertiary/aromatic N) is 1. The summed E-state index contributed by atoms with van der Waals surface area (Å²) in [6, 6.07) is 8.29. The van der Waals surface area contributed by atoms with E-state index in [9.17, 15) is 9.59 Å². The van der Waals surface area contributed by atoms with E-state index >= 15 is 0 Å². The highest BCUT2D eigenvalue weighted by molar-refractivity contribution is 5.94. The quantitative estimate of drug-likeness (QED) is 0.573. The van der Waals surface area contributed by atoms with Gasteiger partial charge in [0.15, 0.2) is 5.78 Å². The molecule has 0 heterocycles. The van der Waals surface area contributed by atoms with Gasteiger partial charge in [0.05, 0.1) is 0 Å². The van der Waals surface area contributed by atoms with E-state index in [1.807, 2.05) is 6.07 Å². The molecule has 1 atom stereocenters. The second kappa shape index (κ2) is 5.08. The van der Waals surface area contributed by atoms with E-state index in [1.54, 1.807) is 24.3 Å². The third-order valence-electron chi connectivity index (χ3n) is 2.02. The van der Waals surface area contributed by atoms with E-state index < -0.39 is 12.1 Å². The average molecular weight is 217 g/mol. The molecular formula is C12H11NO3. The number of benzene rings is 1. The van der Waals surface area contributed by atoms with Gasteiger partial charge in [0.2, 0.25) is 6.10 Å². The maximum absolute atomic E-state index is 11.0. The zero-order valence-corrected chi connectivity index (χ0v) is 9.06. The molecule has 16 heavy (non-hydrogen) atoms. The van der Waals surface area contributed by atoms with Crippen LogP contribution in [0, 0.1) is 11.3 Å². The second-order valence-electron chi connectivity index (χ2n) is 3.30. The van der Waals surface area contributed by atoms with E-state index in [0.29, 0.717) is 11.1 Å². The average Bonchev–Trinajstić information content (AvgIpc) is 2.25. The number of Topliss-reactive ketones (excluding diaryl/α,β-unsaturated/α-hetero) is 1. The van der Waals surface area contributed by atoms with Gasteiger partial charge in [0.25, 0.3) is 0 Å². The van der Waals surface area contributed by atoms with Crippen molar-refractivity contribution in [1.82, 2.24) is 0 Å². The fraction of sp³-hybridized carbons (Fsp3) is 0.250. The Labute approximate surface area is 93.5 Å². The summed E-state index contributed by atoms with van der Waals surface area (Å²) in [5.74, 6) is -0.560. The molecule has 0 saturated carbocycles. The summed E-state index contributed by atoms with van der Waals surface area (Å²) < 4.78 is 4.80. The fourth-order valence-corrected chi connectivity index (χ4v) is 1.23. The lowest BCUT2D eigenvalue weighted by Gasteiger charge is -2.09. The first-order valence-electron chi connectivity index (χ1n) is 4.72. The molecule has 4 heteroatoms. The molecule has 0 aliphatic rings. The normalized spacial score (nSPS) is 11.3. The van der Waals surface area contributed by atoms with E-state index in [0.717, 1.165) is 0 Å². The summed E-state index contributed by atoms with van der Waals surface area (Å²) in [5.41, 5.74) is 1.12. The molecule has 0 aliphatic heterocycles. The molecule has 4 nitrogen and oxygen atoms in total. The van der Waals surface area contributed by atoms with Gasteiger partial charge < -0.3 is 4.74 Å². The molecule has 0 aliphatic carbocycles. The van der Waals surface area contributed by atoms with Crippen molar-refractivity contribution in [2.24, 2.45) is 0 Å². The minimum atomic E-state index is -0.918. The summed E-state index contributed by atoms with van der Waals surface area (Å²) in [6.07, 6.45) is -0.918. The fourth-order valence-electron chi connectivity index (χ4n) is 1.23. The standard InChI is InChI=1S/C12H11NO3/c1-8(14)10-3-5-11(6-4-10)12(7-13)16-9(2)15/h3-6,12H,1-2H3. The summed E-state index contributed by atoms with van der Waals surface area (Å²) in [6.45, 7) is 2.71. The number of esters is 1. The number of nitriles is 1. The molecule has 0 saturated heterocycles. The zero-order chi connectivity index (χ0) is 12.1. The molecular weight excluding hydrogens is 206 g/mol. The van der Waals surface area contributed by atoms with Crippen LogP contribution in [0.15, 0.2) is 24.3 Å². The van der Waals surface area contributed by atoms with Gasteiger partial charge in [-0.1, -0.05) is 24.3 Å². The summed E-state index contributed by atoms with van der Waals surface area (Å²) in [4.78, 5) is 21.8. The molecule has 0 bridgehead atoms. The Morgan fingerprint density at radius 3 is 2.19 bits per heavy atom. The molecule has 1 aromatic carbocycles. The summed E-state index contributed by atoms with van der Waals surface area (Å²) in [5, 5.41) is 8.81. The lowest BCUT2D eigenvalue weighted by Crippen LogP contribution is -2.06. The Kier molecular flexibility index (Phi) is 3.78. The van der Waals surface area contributed by atoms with Crippen molar-refractivity contribution >= 4 is 11.8 Å². The van der Waals surface area contributed by atoms with Crippen LogP contribution >= 0.6 is 0 Å². The van der Waals surface area contributed by atoms with Crippen LogP contribution in [0.25, 0.3) is 0 Å². The van der Waals surface area contributed by atoms with E-state index in [2.05, 4.69) is 0 Å². The zero-order valence-electron chi connectivity index (χ0n) is 9.06. The minimum absolute atomic E-state index is 0.0486. The molecule has 0 amide bonds. The van der Waals surface area contributed by atoms with Crippen molar-refractivity contribution in [3.63, 3.8) is 0 Å². The van der Waals surface area contributed by atoms with Crippen molar-refractivity contribution < 1.29 is 14.3 Å². The number of ether oxygens (including phenoxy) is 1. The maximum atomic E-state index is 11.0. The van der Waals surface area contributed by atoms with Crippen LogP contribution < -0.4 is 0 Å². The Morgan fingerprint density at radius 2 is 1.81 bits per heavy atom. The molecule has 1 aromatic rings. The smallest absolute Gasteiger partial charge is 0.304 e. The summed E-state index contributed by atoms with van der Waals surface area (Å²) >= 11 is 0. The first-order chi connectivity index (χ1) is 7.54. The number of carbonyl (C=O) groups is 2. The third kappa shape index (κ3) is 2.92. The van der Waals surface area contributed by atoms with Crippen molar-refractivity contribution in [2.75, 3.05) is 0 Å². The molecule has 0 spiro atoms. The number of rotatable bonds is 3. The van der Waals surface area contributed by atoms with Gasteiger partial charge in [-0.05, 0) is 6.92 Å². The van der Waals surface area contributed by atoms with Gasteiger partial charge in [-0.15, -0.1) is 0 Å². The van der Waals surface area contributed by atoms with Gasteiger partial charge in [0, 0.05) is 18.1 Å². The topological polar surface area (TPSA) is 67.2 Å². The second-order valence-corrected chi connectivity index (χ2v) is 3.30. The molecule has 0 fully saturated rings. The highest BCUT2D eigenvalue weighted by atomic mass is 16.5. The molecule has 0 radical (unpaired) electrons. The van der Waals surface area contributed by atoms with Crippen molar-refractivity contribution in [2.45, 2.75) is 20.0 Å².